The molecule has 2 aliphatic rings. The summed E-state index contributed by atoms with van der Waals surface area (Å²) in [5, 5.41) is 11.8. The molecule has 1 aliphatic carbocycles. The molecule has 0 unspecified atom stereocenters. The van der Waals surface area contributed by atoms with E-state index in [1.807, 2.05) is 0 Å². The number of carbonyl (C=O) groups is 2. The lowest BCUT2D eigenvalue weighted by atomic mass is 9.98. The summed E-state index contributed by atoms with van der Waals surface area (Å²) in [6.07, 6.45) is 1.69. The fourth-order valence-electron chi connectivity index (χ4n) is 2.73. The number of amides is 2. The van der Waals surface area contributed by atoms with Gasteiger partial charge in [-0.05, 0) is 37.8 Å². The van der Waals surface area contributed by atoms with Gasteiger partial charge in [0, 0.05) is 0 Å². The smallest absolute Gasteiger partial charge is 0.269 e. The van der Waals surface area contributed by atoms with Crippen molar-refractivity contribution >= 4 is 21.8 Å². The second kappa shape index (κ2) is 5.06. The van der Waals surface area contributed by atoms with E-state index < -0.39 is 33.9 Å². The van der Waals surface area contributed by atoms with E-state index in [0.717, 1.165) is 12.8 Å². The van der Waals surface area contributed by atoms with Gasteiger partial charge < -0.3 is 5.32 Å². The van der Waals surface area contributed by atoms with Crippen LogP contribution < -0.4 is 5.32 Å². The van der Waals surface area contributed by atoms with Gasteiger partial charge in [-0.3, -0.25) is 9.59 Å². The molecule has 7 nitrogen and oxygen atoms in total. The van der Waals surface area contributed by atoms with E-state index in [2.05, 4.69) is 11.4 Å². The molecule has 0 aromatic heterocycles. The van der Waals surface area contributed by atoms with Crippen LogP contribution in [0.25, 0.3) is 0 Å². The SMILES string of the molecule is C[C@](C#N)(NC(=O)CN1C(=O)c2ccccc2S1(=O)=O)C1CC1. The van der Waals surface area contributed by atoms with Gasteiger partial charge in [0.2, 0.25) is 5.91 Å². The monoisotopic (exact) mass is 333 g/mol. The van der Waals surface area contributed by atoms with Crippen LogP contribution in [0.2, 0.25) is 0 Å². The molecule has 2 amide bonds. The first-order valence-electron chi connectivity index (χ1n) is 7.18. The Kier molecular flexibility index (Phi) is 3.41. The average molecular weight is 333 g/mol. The van der Waals surface area contributed by atoms with Gasteiger partial charge >= 0.3 is 0 Å². The van der Waals surface area contributed by atoms with Gasteiger partial charge in [0.05, 0.1) is 11.6 Å². The van der Waals surface area contributed by atoms with Crippen LogP contribution in [0.5, 0.6) is 0 Å². The molecule has 0 saturated heterocycles. The third-order valence-electron chi connectivity index (χ3n) is 4.22. The summed E-state index contributed by atoms with van der Waals surface area (Å²) in [4.78, 5) is 24.3. The van der Waals surface area contributed by atoms with Crippen LogP contribution in [-0.2, 0) is 14.8 Å². The summed E-state index contributed by atoms with van der Waals surface area (Å²) >= 11 is 0. The number of benzene rings is 1. The molecule has 1 aromatic carbocycles. The lowest BCUT2D eigenvalue weighted by molar-refractivity contribution is -0.122. The molecule has 8 heteroatoms. The number of carbonyl (C=O) groups excluding carboxylic acids is 2. The van der Waals surface area contributed by atoms with Gasteiger partial charge in [-0.2, -0.15) is 5.26 Å². The number of fused-ring (bicyclic) bond motifs is 1. The molecule has 1 atom stereocenters. The quantitative estimate of drug-likeness (QED) is 0.870. The number of nitriles is 1. The molecule has 23 heavy (non-hydrogen) atoms. The first kappa shape index (κ1) is 15.5. The molecule has 1 heterocycles. The zero-order valence-electron chi connectivity index (χ0n) is 12.4. The van der Waals surface area contributed by atoms with Gasteiger partial charge in [0.25, 0.3) is 15.9 Å². The molecule has 0 bridgehead atoms. The number of sulfonamides is 1. The van der Waals surface area contributed by atoms with E-state index >= 15 is 0 Å². The number of nitrogens with one attached hydrogen (secondary N) is 1. The second-order valence-corrected chi connectivity index (χ2v) is 7.78. The van der Waals surface area contributed by atoms with Gasteiger partial charge in [0.15, 0.2) is 0 Å². The van der Waals surface area contributed by atoms with Crippen LogP contribution in [0.15, 0.2) is 29.2 Å². The second-order valence-electron chi connectivity index (χ2n) is 5.95. The summed E-state index contributed by atoms with van der Waals surface area (Å²) in [7, 11) is -4.02. The maximum Gasteiger partial charge on any atom is 0.269 e. The van der Waals surface area contributed by atoms with Gasteiger partial charge in [-0.15, -0.1) is 0 Å². The highest BCUT2D eigenvalue weighted by atomic mass is 32.2. The summed E-state index contributed by atoms with van der Waals surface area (Å²) in [6, 6.07) is 7.90. The minimum atomic E-state index is -4.02. The fourth-order valence-corrected chi connectivity index (χ4v) is 4.25. The van der Waals surface area contributed by atoms with Crippen LogP contribution in [0, 0.1) is 17.2 Å². The van der Waals surface area contributed by atoms with Crippen molar-refractivity contribution in [2.45, 2.75) is 30.2 Å². The van der Waals surface area contributed by atoms with Crippen LogP contribution >= 0.6 is 0 Å². The molecule has 1 aliphatic heterocycles. The molecule has 120 valence electrons. The molecule has 0 radical (unpaired) electrons. The highest BCUT2D eigenvalue weighted by molar-refractivity contribution is 7.90. The lowest BCUT2D eigenvalue weighted by Gasteiger charge is -2.24. The van der Waals surface area contributed by atoms with Gasteiger partial charge in [-0.1, -0.05) is 12.1 Å². The van der Waals surface area contributed by atoms with Crippen molar-refractivity contribution in [1.82, 2.24) is 9.62 Å². The Labute approximate surface area is 133 Å². The van der Waals surface area contributed by atoms with Crippen molar-refractivity contribution in [3.05, 3.63) is 29.8 Å². The van der Waals surface area contributed by atoms with E-state index in [9.17, 15) is 23.3 Å². The Bertz CT molecular complexity index is 839. The molecule has 1 N–H and O–H groups in total. The van der Waals surface area contributed by atoms with E-state index in [0.29, 0.717) is 4.31 Å². The molecular formula is C15H15N3O4S. The normalized spacial score (nSPS) is 21.2. The topological polar surface area (TPSA) is 107 Å². The number of hydrogen-bond acceptors (Lipinski definition) is 5. The zero-order valence-corrected chi connectivity index (χ0v) is 13.3. The number of hydrogen-bond donors (Lipinski definition) is 1. The summed E-state index contributed by atoms with van der Waals surface area (Å²) in [5.74, 6) is -1.31. The van der Waals surface area contributed by atoms with Gasteiger partial charge in [-0.25, -0.2) is 12.7 Å². The van der Waals surface area contributed by atoms with Crippen molar-refractivity contribution in [2.24, 2.45) is 5.92 Å². The Balaban J connectivity index is 1.80. The molecule has 0 spiro atoms. The van der Waals surface area contributed by atoms with E-state index in [1.165, 1.54) is 18.2 Å². The van der Waals surface area contributed by atoms with Gasteiger partial charge in [0.1, 0.15) is 17.0 Å². The Morgan fingerprint density at radius 2 is 2.09 bits per heavy atom. The molecule has 1 fully saturated rings. The van der Waals surface area contributed by atoms with Crippen LogP contribution in [0.1, 0.15) is 30.1 Å². The summed E-state index contributed by atoms with van der Waals surface area (Å²) in [6.45, 7) is 0.984. The van der Waals surface area contributed by atoms with E-state index in [-0.39, 0.29) is 16.4 Å². The van der Waals surface area contributed by atoms with Crippen molar-refractivity contribution in [2.75, 3.05) is 6.54 Å². The molecule has 1 saturated carbocycles. The molecule has 3 rings (SSSR count). The predicted octanol–water partition coefficient (Wildman–Crippen LogP) is 0.640. The molecule has 1 aromatic rings. The minimum Gasteiger partial charge on any atom is -0.336 e. The Morgan fingerprint density at radius 3 is 2.65 bits per heavy atom. The Hall–Kier alpha value is -2.40. The minimum absolute atomic E-state index is 0.0607. The van der Waals surface area contributed by atoms with Crippen molar-refractivity contribution in [3.8, 4) is 6.07 Å². The first-order valence-corrected chi connectivity index (χ1v) is 8.62. The van der Waals surface area contributed by atoms with E-state index in [1.54, 1.807) is 13.0 Å². The Morgan fingerprint density at radius 1 is 1.43 bits per heavy atom. The highest BCUT2D eigenvalue weighted by Gasteiger charge is 2.45. The van der Waals surface area contributed by atoms with Crippen molar-refractivity contribution in [1.29, 1.82) is 5.26 Å². The molecular weight excluding hydrogens is 318 g/mol. The van der Waals surface area contributed by atoms with Crippen LogP contribution in [-0.4, -0.2) is 36.6 Å². The maximum absolute atomic E-state index is 12.4. The largest absolute Gasteiger partial charge is 0.336 e. The summed E-state index contributed by atoms with van der Waals surface area (Å²) in [5.41, 5.74) is -0.971. The zero-order chi connectivity index (χ0) is 16.8. The number of nitrogens with zero attached hydrogens (tertiary/aromatic N) is 2. The third kappa shape index (κ3) is 2.47. The van der Waals surface area contributed by atoms with Crippen molar-refractivity contribution < 1.29 is 18.0 Å². The third-order valence-corrected chi connectivity index (χ3v) is 6.01. The average Bonchev–Trinajstić information content (AvgIpc) is 3.34. The summed E-state index contributed by atoms with van der Waals surface area (Å²) < 4.78 is 25.3. The van der Waals surface area contributed by atoms with Crippen LogP contribution in [0.3, 0.4) is 0 Å². The standard InChI is InChI=1S/C15H15N3O4S/c1-15(9-16,10-6-7-10)17-13(19)8-18-14(20)11-4-2-3-5-12(11)23(18,21)22/h2-5,10H,6-8H2,1H3,(H,17,19)/t15-/m1/s1. The van der Waals surface area contributed by atoms with Crippen LogP contribution in [0.4, 0.5) is 0 Å². The van der Waals surface area contributed by atoms with E-state index in [4.69, 9.17) is 0 Å². The lowest BCUT2D eigenvalue weighted by Crippen LogP contribution is -2.51. The fraction of sp³-hybridized carbons (Fsp3) is 0.400. The first-order chi connectivity index (χ1) is 10.8. The number of rotatable bonds is 4. The predicted molar refractivity (Wildman–Crippen MR) is 79.5 cm³/mol. The van der Waals surface area contributed by atoms with Crippen molar-refractivity contribution in [3.63, 3.8) is 0 Å². The maximum atomic E-state index is 12.4. The highest BCUT2D eigenvalue weighted by Crippen LogP contribution is 2.39.